The van der Waals surface area contributed by atoms with Gasteiger partial charge >= 0.3 is 0 Å². The van der Waals surface area contributed by atoms with Crippen molar-refractivity contribution in [2.24, 2.45) is 5.92 Å². The Balaban J connectivity index is 2.23. The average molecular weight is 270 g/mol. The van der Waals surface area contributed by atoms with Crippen molar-refractivity contribution in [3.05, 3.63) is 34.6 Å². The van der Waals surface area contributed by atoms with E-state index in [9.17, 15) is 4.39 Å². The summed E-state index contributed by atoms with van der Waals surface area (Å²) in [5.74, 6) is 0.250. The van der Waals surface area contributed by atoms with Gasteiger partial charge in [0.2, 0.25) is 0 Å². The highest BCUT2D eigenvalue weighted by Crippen LogP contribution is 2.36. The van der Waals surface area contributed by atoms with Crippen LogP contribution in [0.15, 0.2) is 18.2 Å². The fourth-order valence-corrected chi connectivity index (χ4v) is 3.29. The number of nitrogens with one attached hydrogen (secondary N) is 1. The van der Waals surface area contributed by atoms with Crippen LogP contribution >= 0.6 is 11.6 Å². The largest absolute Gasteiger partial charge is 0.313 e. The summed E-state index contributed by atoms with van der Waals surface area (Å²) in [5, 5.41) is 3.61. The van der Waals surface area contributed by atoms with Crippen LogP contribution in [0, 0.1) is 11.7 Å². The van der Waals surface area contributed by atoms with Crippen LogP contribution < -0.4 is 5.32 Å². The minimum Gasteiger partial charge on any atom is -0.313 e. The van der Waals surface area contributed by atoms with Crippen molar-refractivity contribution >= 4 is 11.6 Å². The van der Waals surface area contributed by atoms with Gasteiger partial charge in [0.1, 0.15) is 5.82 Å². The lowest BCUT2D eigenvalue weighted by Crippen LogP contribution is -2.25. The van der Waals surface area contributed by atoms with Crippen LogP contribution in [0.1, 0.15) is 50.1 Å². The molecule has 0 aromatic heterocycles. The molecule has 0 radical (unpaired) electrons. The second-order valence-electron chi connectivity index (χ2n) is 5.16. The lowest BCUT2D eigenvalue weighted by molar-refractivity contribution is 0.341. The van der Waals surface area contributed by atoms with Gasteiger partial charge in [0, 0.05) is 6.04 Å². The topological polar surface area (TPSA) is 12.0 Å². The van der Waals surface area contributed by atoms with Crippen LogP contribution in [-0.4, -0.2) is 7.05 Å². The zero-order valence-electron chi connectivity index (χ0n) is 10.9. The molecule has 1 aromatic rings. The smallest absolute Gasteiger partial charge is 0.142 e. The molecule has 0 bridgehead atoms. The maximum Gasteiger partial charge on any atom is 0.142 e. The predicted molar refractivity (Wildman–Crippen MR) is 74.4 cm³/mol. The van der Waals surface area contributed by atoms with Gasteiger partial charge in [-0.15, -0.1) is 0 Å². The van der Waals surface area contributed by atoms with E-state index < -0.39 is 0 Å². The van der Waals surface area contributed by atoms with E-state index in [-0.39, 0.29) is 16.9 Å². The van der Waals surface area contributed by atoms with Gasteiger partial charge in [-0.2, -0.15) is 0 Å². The Bertz CT molecular complexity index is 386. The van der Waals surface area contributed by atoms with Gasteiger partial charge in [0.25, 0.3) is 0 Å². The Morgan fingerprint density at radius 1 is 1.22 bits per heavy atom. The predicted octanol–water partition coefficient (Wildman–Crippen LogP) is 4.71. The molecule has 2 rings (SSSR count). The molecule has 1 aromatic carbocycles. The van der Waals surface area contributed by atoms with Crippen molar-refractivity contribution in [2.75, 3.05) is 7.05 Å². The molecule has 3 heteroatoms. The molecule has 1 aliphatic rings. The average Bonchev–Trinajstić information content (AvgIpc) is 2.64. The van der Waals surface area contributed by atoms with E-state index in [1.165, 1.54) is 44.6 Å². The number of benzene rings is 1. The molecule has 1 nitrogen and oxygen atoms in total. The highest BCUT2D eigenvalue weighted by atomic mass is 35.5. The van der Waals surface area contributed by atoms with Gasteiger partial charge < -0.3 is 5.32 Å². The summed E-state index contributed by atoms with van der Waals surface area (Å²) in [6.07, 6.45) is 7.61. The van der Waals surface area contributed by atoms with Gasteiger partial charge in [-0.1, -0.05) is 49.4 Å². The van der Waals surface area contributed by atoms with E-state index in [0.717, 1.165) is 5.56 Å². The van der Waals surface area contributed by atoms with Gasteiger partial charge in [0.05, 0.1) is 5.02 Å². The fourth-order valence-electron chi connectivity index (χ4n) is 3.05. The second kappa shape index (κ2) is 6.53. The molecule has 0 aliphatic heterocycles. The quantitative estimate of drug-likeness (QED) is 0.784. The first kappa shape index (κ1) is 13.8. The first-order chi connectivity index (χ1) is 8.74. The van der Waals surface area contributed by atoms with E-state index in [2.05, 4.69) is 5.32 Å². The maximum absolute atomic E-state index is 13.6. The van der Waals surface area contributed by atoms with E-state index >= 15 is 0 Å². The minimum atomic E-state index is -0.317. The summed E-state index contributed by atoms with van der Waals surface area (Å²) in [5.41, 5.74) is 0.908. The molecule has 0 heterocycles. The van der Waals surface area contributed by atoms with Gasteiger partial charge in [-0.25, -0.2) is 4.39 Å². The highest BCUT2D eigenvalue weighted by Gasteiger charge is 2.25. The zero-order chi connectivity index (χ0) is 13.0. The van der Waals surface area contributed by atoms with Crippen molar-refractivity contribution in [1.29, 1.82) is 0 Å². The number of rotatable bonds is 3. The van der Waals surface area contributed by atoms with Gasteiger partial charge in [-0.3, -0.25) is 0 Å². The molecule has 1 atom stereocenters. The van der Waals surface area contributed by atoms with Crippen molar-refractivity contribution in [1.82, 2.24) is 5.32 Å². The second-order valence-corrected chi connectivity index (χ2v) is 5.54. The summed E-state index contributed by atoms with van der Waals surface area (Å²) in [4.78, 5) is 0. The van der Waals surface area contributed by atoms with Crippen LogP contribution in [0.3, 0.4) is 0 Å². The van der Waals surface area contributed by atoms with Crippen LogP contribution in [-0.2, 0) is 0 Å². The Labute approximate surface area is 114 Å². The SMILES string of the molecule is CNC(c1cccc(F)c1Cl)C1CCCCCC1. The molecule has 18 heavy (non-hydrogen) atoms. The third-order valence-electron chi connectivity index (χ3n) is 4.00. The van der Waals surface area contributed by atoms with E-state index in [1.54, 1.807) is 6.07 Å². The van der Waals surface area contributed by atoms with Crippen LogP contribution in [0.4, 0.5) is 4.39 Å². The van der Waals surface area contributed by atoms with Crippen LogP contribution in [0.5, 0.6) is 0 Å². The third-order valence-corrected chi connectivity index (χ3v) is 4.40. The van der Waals surface area contributed by atoms with Crippen molar-refractivity contribution in [2.45, 2.75) is 44.6 Å². The Morgan fingerprint density at radius 2 is 1.89 bits per heavy atom. The van der Waals surface area contributed by atoms with Gasteiger partial charge in [-0.05, 0) is 37.4 Å². The minimum absolute atomic E-state index is 0.172. The molecular weight excluding hydrogens is 249 g/mol. The van der Waals surface area contributed by atoms with E-state index in [1.807, 2.05) is 13.1 Å². The van der Waals surface area contributed by atoms with E-state index in [0.29, 0.717) is 5.92 Å². The molecule has 1 saturated carbocycles. The number of hydrogen-bond acceptors (Lipinski definition) is 1. The molecule has 0 spiro atoms. The molecule has 1 aliphatic carbocycles. The zero-order valence-corrected chi connectivity index (χ0v) is 11.6. The Morgan fingerprint density at radius 3 is 2.50 bits per heavy atom. The monoisotopic (exact) mass is 269 g/mol. The lowest BCUT2D eigenvalue weighted by atomic mass is 9.87. The molecule has 1 N–H and O–H groups in total. The van der Waals surface area contributed by atoms with Crippen molar-refractivity contribution < 1.29 is 4.39 Å². The summed E-state index contributed by atoms with van der Waals surface area (Å²) in [6.45, 7) is 0. The standard InChI is InChI=1S/C15H21ClFN/c1-18-15(11-7-4-2-3-5-8-11)12-9-6-10-13(17)14(12)16/h6,9-11,15,18H,2-5,7-8H2,1H3. The number of halogens is 2. The molecule has 0 amide bonds. The van der Waals surface area contributed by atoms with E-state index in [4.69, 9.17) is 11.6 Å². The van der Waals surface area contributed by atoms with Crippen molar-refractivity contribution in [3.63, 3.8) is 0 Å². The molecular formula is C15H21ClFN. The maximum atomic E-state index is 13.6. The summed E-state index contributed by atoms with van der Waals surface area (Å²) < 4.78 is 13.6. The lowest BCUT2D eigenvalue weighted by Gasteiger charge is -2.27. The molecule has 100 valence electrons. The third kappa shape index (κ3) is 3.04. The molecule has 1 unspecified atom stereocenters. The summed E-state index contributed by atoms with van der Waals surface area (Å²) >= 11 is 6.11. The first-order valence-electron chi connectivity index (χ1n) is 6.85. The van der Waals surface area contributed by atoms with Gasteiger partial charge in [0.15, 0.2) is 0 Å². The Hall–Kier alpha value is -0.600. The van der Waals surface area contributed by atoms with Crippen molar-refractivity contribution in [3.8, 4) is 0 Å². The fraction of sp³-hybridized carbons (Fsp3) is 0.600. The summed E-state index contributed by atoms with van der Waals surface area (Å²) in [6, 6.07) is 5.28. The summed E-state index contributed by atoms with van der Waals surface area (Å²) in [7, 11) is 1.94. The van der Waals surface area contributed by atoms with Crippen LogP contribution in [0.25, 0.3) is 0 Å². The first-order valence-corrected chi connectivity index (χ1v) is 7.23. The molecule has 0 saturated heterocycles. The van der Waals surface area contributed by atoms with Crippen LogP contribution in [0.2, 0.25) is 5.02 Å². The normalized spacial score (nSPS) is 19.5. The molecule has 1 fully saturated rings. The highest BCUT2D eigenvalue weighted by molar-refractivity contribution is 6.31. The Kier molecular flexibility index (Phi) is 5.02. The number of hydrogen-bond donors (Lipinski definition) is 1.